The highest BCUT2D eigenvalue weighted by Crippen LogP contribution is 2.21. The number of aliphatic hydroxyl groups is 1. The Morgan fingerprint density at radius 2 is 0.742 bits per heavy atom. The van der Waals surface area contributed by atoms with E-state index in [-0.39, 0.29) is 32.2 Å². The van der Waals surface area contributed by atoms with Crippen LogP contribution in [0.3, 0.4) is 0 Å². The van der Waals surface area contributed by atoms with Crippen molar-refractivity contribution in [2.24, 2.45) is 46.4 Å². The van der Waals surface area contributed by atoms with Crippen molar-refractivity contribution in [2.75, 3.05) is 13.2 Å². The maximum atomic E-state index is 14.2. The highest BCUT2D eigenvalue weighted by atomic mass is 16.4. The van der Waals surface area contributed by atoms with Crippen LogP contribution in [-0.4, -0.2) is 217 Å². The molecule has 89 heavy (non-hydrogen) atoms. The van der Waals surface area contributed by atoms with Crippen LogP contribution in [0.5, 0.6) is 0 Å². The number of carbonyl (C=O) groups is 18. The molecule has 0 saturated carbocycles. The third-order valence-corrected chi connectivity index (χ3v) is 13.2. The van der Waals surface area contributed by atoms with Crippen molar-refractivity contribution in [3.05, 3.63) is 0 Å². The van der Waals surface area contributed by atoms with Crippen LogP contribution in [0, 0.1) is 17.8 Å². The van der Waals surface area contributed by atoms with Gasteiger partial charge in [-0.25, -0.2) is 4.79 Å². The molecule has 1 aliphatic rings. The van der Waals surface area contributed by atoms with E-state index < -0.39 is 235 Å². The first kappa shape index (κ1) is 77.4. The van der Waals surface area contributed by atoms with E-state index in [9.17, 15) is 107 Å². The number of carbonyl (C=O) groups excluding carboxylic acids is 15. The third kappa shape index (κ3) is 26.5. The van der Waals surface area contributed by atoms with E-state index in [1.807, 2.05) is 16.0 Å². The Morgan fingerprint density at radius 3 is 1.12 bits per heavy atom. The Balaban J connectivity index is 3.42. The number of primary amides is 4. The van der Waals surface area contributed by atoms with Gasteiger partial charge in [-0.1, -0.05) is 41.5 Å². The monoisotopic (exact) mass is 1270 g/mol. The van der Waals surface area contributed by atoms with Gasteiger partial charge in [0.25, 0.3) is 0 Å². The molecule has 1 fully saturated rings. The molecule has 0 bridgehead atoms. The maximum absolute atomic E-state index is 14.2. The first-order valence-electron chi connectivity index (χ1n) is 27.7. The molecule has 1 heterocycles. The standard InChI is InChI=1S/C51H82N16O22/c1-19(2)37(64-44(81)27(17-36(75)76)60-41(78)24(13-32(54)70)58-40(77)22(7)52)48(85)61-26(16-35(73)74)43(80)59-25(14-33(55)71)42(79)63-29(18-68)45(82)62-28(15-34(56)72)50(87)67-12-8-9-30(67)46(83)65-39(21(5)6)49(86)66-38(20(3)4)47(84)57-23(51(88)89)10-11-31(53)69/h19-30,37-39,68H,8-18,52H2,1-7H3,(H2,53,69)(H2,54,70)(H2,55,71)(H2,56,72)(H,57,84)(H,58,77)(H,59,80)(H,60,78)(H,61,85)(H,62,82)(H,63,79)(H,64,81)(H,65,83)(H,66,86)(H,73,74)(H,75,76)(H,88,89)/t22-,23-,24-,25-,26-,27-,28-,29-,30-,37-,38-,39-/m0/s1. The van der Waals surface area contributed by atoms with Gasteiger partial charge >= 0.3 is 17.9 Å². The minimum absolute atomic E-state index is 0.0355. The van der Waals surface area contributed by atoms with Gasteiger partial charge in [-0.15, -0.1) is 0 Å². The van der Waals surface area contributed by atoms with Crippen LogP contribution in [0.2, 0.25) is 0 Å². The Morgan fingerprint density at radius 1 is 0.416 bits per heavy atom. The van der Waals surface area contributed by atoms with Gasteiger partial charge in [0.15, 0.2) is 0 Å². The van der Waals surface area contributed by atoms with Crippen molar-refractivity contribution in [2.45, 2.75) is 179 Å². The average Bonchev–Trinajstić information content (AvgIpc) is 2.62. The fourth-order valence-corrected chi connectivity index (χ4v) is 8.50. The Kier molecular flexibility index (Phi) is 31.7. The van der Waals surface area contributed by atoms with Gasteiger partial charge in [0, 0.05) is 13.0 Å². The number of hydrogen-bond donors (Lipinski definition) is 19. The van der Waals surface area contributed by atoms with Gasteiger partial charge in [0.1, 0.15) is 66.5 Å². The van der Waals surface area contributed by atoms with E-state index in [0.717, 1.165) is 4.90 Å². The van der Waals surface area contributed by atoms with E-state index in [4.69, 9.17) is 28.7 Å². The molecule has 24 N–H and O–H groups in total. The summed E-state index contributed by atoms with van der Waals surface area (Å²) < 4.78 is 0. The summed E-state index contributed by atoms with van der Waals surface area (Å²) in [5.41, 5.74) is 26.6. The molecule has 0 unspecified atom stereocenters. The predicted molar refractivity (Wildman–Crippen MR) is 301 cm³/mol. The predicted octanol–water partition coefficient (Wildman–Crippen LogP) is -9.94. The largest absolute Gasteiger partial charge is 0.481 e. The number of rotatable bonds is 39. The number of nitrogens with one attached hydrogen (secondary N) is 10. The minimum Gasteiger partial charge on any atom is -0.481 e. The molecule has 38 heteroatoms. The van der Waals surface area contributed by atoms with Gasteiger partial charge in [0.2, 0.25) is 88.6 Å². The van der Waals surface area contributed by atoms with E-state index in [2.05, 4.69) is 37.2 Å². The van der Waals surface area contributed by atoms with Crippen LogP contribution in [0.1, 0.15) is 106 Å². The summed E-state index contributed by atoms with van der Waals surface area (Å²) in [6, 6.07) is -20.8. The summed E-state index contributed by atoms with van der Waals surface area (Å²) in [5, 5.41) is 61.0. The van der Waals surface area contributed by atoms with Crippen LogP contribution in [0.4, 0.5) is 0 Å². The number of carboxylic acids is 3. The summed E-state index contributed by atoms with van der Waals surface area (Å²) in [6.45, 7) is 8.53. The first-order valence-corrected chi connectivity index (χ1v) is 27.7. The van der Waals surface area contributed by atoms with E-state index >= 15 is 0 Å². The van der Waals surface area contributed by atoms with Gasteiger partial charge in [-0.3, -0.25) is 81.5 Å². The molecular weight excluding hydrogens is 1190 g/mol. The van der Waals surface area contributed by atoms with E-state index in [0.29, 0.717) is 0 Å². The second-order valence-corrected chi connectivity index (χ2v) is 21.8. The second kappa shape index (κ2) is 36.5. The van der Waals surface area contributed by atoms with Crippen LogP contribution in [0.25, 0.3) is 0 Å². The van der Waals surface area contributed by atoms with Crippen LogP contribution in [0.15, 0.2) is 0 Å². The Hall–Kier alpha value is -9.62. The molecule has 0 aliphatic carbocycles. The zero-order chi connectivity index (χ0) is 68.5. The lowest BCUT2D eigenvalue weighted by atomic mass is 9.98. The van der Waals surface area contributed by atoms with E-state index in [1.165, 1.54) is 48.5 Å². The molecule has 0 aromatic rings. The molecule has 15 amide bonds. The molecule has 1 rings (SSSR count). The molecule has 0 aromatic heterocycles. The third-order valence-electron chi connectivity index (χ3n) is 13.2. The number of amides is 15. The Bertz CT molecular complexity index is 2690. The smallest absolute Gasteiger partial charge is 0.326 e. The van der Waals surface area contributed by atoms with Crippen molar-refractivity contribution in [1.29, 1.82) is 0 Å². The lowest BCUT2D eigenvalue weighted by Crippen LogP contribution is -2.62. The van der Waals surface area contributed by atoms with Crippen LogP contribution < -0.4 is 81.8 Å². The van der Waals surface area contributed by atoms with Crippen LogP contribution >= 0.6 is 0 Å². The summed E-state index contributed by atoms with van der Waals surface area (Å²) in [4.78, 5) is 233. The summed E-state index contributed by atoms with van der Waals surface area (Å²) in [5.74, 6) is -24.8. The second-order valence-electron chi connectivity index (χ2n) is 21.8. The van der Waals surface area contributed by atoms with Gasteiger partial charge in [-0.2, -0.15) is 0 Å². The quantitative estimate of drug-likeness (QED) is 0.0272. The number of aliphatic carboxylic acids is 3. The summed E-state index contributed by atoms with van der Waals surface area (Å²) >= 11 is 0. The van der Waals surface area contributed by atoms with E-state index in [1.54, 1.807) is 0 Å². The molecule has 1 aliphatic heterocycles. The number of nitrogens with zero attached hydrogens (tertiary/aromatic N) is 1. The molecule has 0 aromatic carbocycles. The van der Waals surface area contributed by atoms with Crippen molar-refractivity contribution < 1.29 is 107 Å². The number of aliphatic hydroxyl groups excluding tert-OH is 1. The molecule has 0 radical (unpaired) electrons. The molecular formula is C51H82N16O22. The fourth-order valence-electron chi connectivity index (χ4n) is 8.50. The number of nitrogens with two attached hydrogens (primary N) is 5. The lowest BCUT2D eigenvalue weighted by molar-refractivity contribution is -0.144. The fraction of sp³-hybridized carbons (Fsp3) is 0.647. The lowest BCUT2D eigenvalue weighted by Gasteiger charge is -2.31. The molecule has 1 saturated heterocycles. The average molecular weight is 1270 g/mol. The van der Waals surface area contributed by atoms with Gasteiger partial charge in [0.05, 0.1) is 44.8 Å². The molecule has 12 atom stereocenters. The normalized spacial score (nSPS) is 16.5. The van der Waals surface area contributed by atoms with Gasteiger partial charge < -0.3 is 107 Å². The highest BCUT2D eigenvalue weighted by Gasteiger charge is 2.42. The zero-order valence-corrected chi connectivity index (χ0v) is 49.9. The van der Waals surface area contributed by atoms with Crippen molar-refractivity contribution in [3.8, 4) is 0 Å². The molecule has 498 valence electrons. The van der Waals surface area contributed by atoms with Gasteiger partial charge in [-0.05, 0) is 43.9 Å². The topological polar surface area (TPSA) is 642 Å². The number of carboxylic acid groups (broad SMARTS) is 3. The SMILES string of the molecule is CC(C)[C@H](NC(=O)[C@H](CC(=O)O)NC(=O)[C@H](CC(N)=O)NC(=O)[C@H](C)N)C(=O)N[C@@H](CC(=O)O)C(=O)N[C@@H](CC(N)=O)C(=O)N[C@@H](CO)C(=O)N[C@@H](CC(N)=O)C(=O)N1CCC[C@H]1C(=O)N[C@H](C(=O)N[C@H](C(=O)N[C@@H](CCC(N)=O)C(=O)O)C(C)C)C(C)C. The maximum Gasteiger partial charge on any atom is 0.326 e. The first-order chi connectivity index (χ1) is 41.2. The zero-order valence-electron chi connectivity index (χ0n) is 49.9. The highest BCUT2D eigenvalue weighted by molar-refractivity contribution is 6.02. The molecule has 38 nitrogen and oxygen atoms in total. The van der Waals surface area contributed by atoms with Crippen molar-refractivity contribution >= 4 is 107 Å². The van der Waals surface area contributed by atoms with Crippen molar-refractivity contribution in [3.63, 3.8) is 0 Å². The van der Waals surface area contributed by atoms with Crippen molar-refractivity contribution in [1.82, 2.24) is 58.1 Å². The molecule has 0 spiro atoms. The summed E-state index contributed by atoms with van der Waals surface area (Å²) in [7, 11) is 0. The van der Waals surface area contributed by atoms with Crippen LogP contribution in [-0.2, 0) is 86.3 Å². The summed E-state index contributed by atoms with van der Waals surface area (Å²) in [6.07, 6.45) is -5.94. The number of likely N-dealkylation sites (tertiary alicyclic amines) is 1. The number of hydrogen-bond acceptors (Lipinski definition) is 20. The minimum atomic E-state index is -2.18. The Labute approximate surface area is 508 Å².